The average molecular weight is 307 g/mol. The number of benzene rings is 1. The van der Waals surface area contributed by atoms with Gasteiger partial charge in [0, 0.05) is 6.54 Å². The number of nitrogens with one attached hydrogen (secondary N) is 1. The predicted octanol–water partition coefficient (Wildman–Crippen LogP) is 3.50. The Kier molecular flexibility index (Phi) is 7.96. The van der Waals surface area contributed by atoms with E-state index in [2.05, 4.69) is 38.2 Å². The van der Waals surface area contributed by atoms with Crippen LogP contribution in [0.4, 0.5) is 0 Å². The Hall–Kier alpha value is -1.55. The van der Waals surface area contributed by atoms with Crippen molar-refractivity contribution in [2.24, 2.45) is 5.41 Å². The number of aliphatic carboxylic acids is 1. The number of aryl methyl sites for hydroxylation is 1. The fourth-order valence-electron chi connectivity index (χ4n) is 1.97. The third-order valence-electron chi connectivity index (χ3n) is 3.38. The topological polar surface area (TPSA) is 58.6 Å². The second-order valence-electron chi connectivity index (χ2n) is 6.80. The number of hydrogen-bond donors (Lipinski definition) is 2. The maximum atomic E-state index is 10.4. The van der Waals surface area contributed by atoms with Crippen LogP contribution in [-0.2, 0) is 11.2 Å². The molecule has 0 radical (unpaired) electrons. The average Bonchev–Trinajstić information content (AvgIpc) is 2.42. The number of ether oxygens (including phenoxy) is 1. The minimum atomic E-state index is -0.755. The highest BCUT2D eigenvalue weighted by atomic mass is 16.5. The van der Waals surface area contributed by atoms with Gasteiger partial charge in [-0.25, -0.2) is 0 Å². The first kappa shape index (κ1) is 18.5. The highest BCUT2D eigenvalue weighted by Gasteiger charge is 2.09. The minimum absolute atomic E-state index is 0.181. The molecule has 4 nitrogen and oxygen atoms in total. The number of rotatable bonds is 10. The van der Waals surface area contributed by atoms with Crippen LogP contribution in [0.15, 0.2) is 24.3 Å². The number of carboxylic acids is 1. The molecule has 0 aliphatic rings. The van der Waals surface area contributed by atoms with E-state index >= 15 is 0 Å². The van der Waals surface area contributed by atoms with Gasteiger partial charge in [-0.05, 0) is 48.9 Å². The summed E-state index contributed by atoms with van der Waals surface area (Å²) in [4.78, 5) is 10.4. The monoisotopic (exact) mass is 307 g/mol. The summed E-state index contributed by atoms with van der Waals surface area (Å²) in [5.74, 6) is 0.169. The smallest absolute Gasteiger partial charge is 0.304 e. The largest absolute Gasteiger partial charge is 0.494 e. The van der Waals surface area contributed by atoms with Gasteiger partial charge in [0.15, 0.2) is 0 Å². The second kappa shape index (κ2) is 9.46. The van der Waals surface area contributed by atoms with Gasteiger partial charge in [0.25, 0.3) is 0 Å². The Morgan fingerprint density at radius 2 is 1.86 bits per heavy atom. The molecule has 0 saturated carbocycles. The maximum Gasteiger partial charge on any atom is 0.304 e. The van der Waals surface area contributed by atoms with E-state index in [1.807, 2.05) is 12.1 Å². The van der Waals surface area contributed by atoms with E-state index in [9.17, 15) is 4.79 Å². The molecule has 1 aromatic rings. The molecule has 0 atom stereocenters. The van der Waals surface area contributed by atoms with Gasteiger partial charge < -0.3 is 15.2 Å². The molecule has 0 spiro atoms. The van der Waals surface area contributed by atoms with Gasteiger partial charge in [0.05, 0.1) is 13.0 Å². The van der Waals surface area contributed by atoms with Crippen molar-refractivity contribution in [2.75, 3.05) is 19.7 Å². The van der Waals surface area contributed by atoms with Crippen molar-refractivity contribution in [2.45, 2.75) is 46.5 Å². The molecule has 0 aliphatic carbocycles. The van der Waals surface area contributed by atoms with Crippen LogP contribution in [0.2, 0.25) is 0 Å². The van der Waals surface area contributed by atoms with Gasteiger partial charge in [0.1, 0.15) is 5.75 Å². The van der Waals surface area contributed by atoms with E-state index in [1.54, 1.807) is 0 Å². The van der Waals surface area contributed by atoms with Crippen LogP contribution in [0, 0.1) is 5.41 Å². The first-order valence-electron chi connectivity index (χ1n) is 8.01. The molecule has 0 bridgehead atoms. The summed E-state index contributed by atoms with van der Waals surface area (Å²) in [6.07, 6.45) is 3.21. The van der Waals surface area contributed by atoms with E-state index in [4.69, 9.17) is 9.84 Å². The molecule has 1 aromatic carbocycles. The lowest BCUT2D eigenvalue weighted by Gasteiger charge is -2.18. The van der Waals surface area contributed by atoms with Crippen molar-refractivity contribution in [3.63, 3.8) is 0 Å². The maximum absolute atomic E-state index is 10.4. The van der Waals surface area contributed by atoms with E-state index in [0.717, 1.165) is 38.2 Å². The zero-order valence-corrected chi connectivity index (χ0v) is 14.0. The van der Waals surface area contributed by atoms with Gasteiger partial charge in [-0.15, -0.1) is 0 Å². The molecule has 0 saturated heterocycles. The van der Waals surface area contributed by atoms with Gasteiger partial charge >= 0.3 is 5.97 Å². The Bertz CT molecular complexity index is 435. The summed E-state index contributed by atoms with van der Waals surface area (Å²) in [5, 5.41) is 11.7. The lowest BCUT2D eigenvalue weighted by Crippen LogP contribution is -2.19. The highest BCUT2D eigenvalue weighted by Crippen LogP contribution is 2.20. The summed E-state index contributed by atoms with van der Waals surface area (Å²) in [5.41, 5.74) is 1.58. The van der Waals surface area contributed by atoms with Crippen LogP contribution in [0.5, 0.6) is 5.75 Å². The predicted molar refractivity (Wildman–Crippen MR) is 89.5 cm³/mol. The second-order valence-corrected chi connectivity index (χ2v) is 6.80. The fraction of sp³-hybridized carbons (Fsp3) is 0.611. The summed E-state index contributed by atoms with van der Waals surface area (Å²) in [6.45, 7) is 8.77. The third-order valence-corrected chi connectivity index (χ3v) is 3.38. The van der Waals surface area contributed by atoms with Gasteiger partial charge in [-0.3, -0.25) is 4.79 Å². The number of carbonyl (C=O) groups is 1. The molecule has 2 N–H and O–H groups in total. The molecule has 22 heavy (non-hydrogen) atoms. The minimum Gasteiger partial charge on any atom is -0.494 e. The zero-order valence-electron chi connectivity index (χ0n) is 14.0. The van der Waals surface area contributed by atoms with Crippen LogP contribution < -0.4 is 10.1 Å². The Balaban J connectivity index is 2.17. The molecule has 4 heteroatoms. The van der Waals surface area contributed by atoms with Crippen molar-refractivity contribution in [3.05, 3.63) is 29.8 Å². The van der Waals surface area contributed by atoms with Crippen molar-refractivity contribution >= 4 is 5.97 Å². The molecular weight excluding hydrogens is 278 g/mol. The lowest BCUT2D eigenvalue weighted by atomic mass is 9.93. The first-order valence-corrected chi connectivity index (χ1v) is 8.01. The van der Waals surface area contributed by atoms with Crippen LogP contribution in [0.3, 0.4) is 0 Å². The lowest BCUT2D eigenvalue weighted by molar-refractivity contribution is -0.136. The van der Waals surface area contributed by atoms with Gasteiger partial charge in [-0.1, -0.05) is 32.9 Å². The van der Waals surface area contributed by atoms with Crippen molar-refractivity contribution < 1.29 is 14.6 Å². The van der Waals surface area contributed by atoms with Gasteiger partial charge in [-0.2, -0.15) is 0 Å². The van der Waals surface area contributed by atoms with E-state index in [1.165, 1.54) is 5.56 Å². The molecule has 0 unspecified atom stereocenters. The Morgan fingerprint density at radius 3 is 2.45 bits per heavy atom. The zero-order chi connectivity index (χ0) is 16.4. The molecule has 0 fully saturated rings. The summed E-state index contributed by atoms with van der Waals surface area (Å²) in [6, 6.07) is 8.25. The molecule has 1 rings (SSSR count). The van der Waals surface area contributed by atoms with E-state index in [0.29, 0.717) is 12.0 Å². The van der Waals surface area contributed by atoms with Crippen LogP contribution in [0.25, 0.3) is 0 Å². The third kappa shape index (κ3) is 9.40. The SMILES string of the molecule is CC(C)(C)CCOc1ccc(CCCNCCC(=O)O)cc1. The number of hydrogen-bond acceptors (Lipinski definition) is 3. The summed E-state index contributed by atoms with van der Waals surface area (Å²) >= 11 is 0. The fourth-order valence-corrected chi connectivity index (χ4v) is 1.97. The van der Waals surface area contributed by atoms with Crippen LogP contribution >= 0.6 is 0 Å². The quantitative estimate of drug-likeness (QED) is 0.650. The van der Waals surface area contributed by atoms with Gasteiger partial charge in [0.2, 0.25) is 0 Å². The molecule has 0 heterocycles. The molecule has 0 aromatic heterocycles. The molecule has 0 aliphatic heterocycles. The van der Waals surface area contributed by atoms with Crippen LogP contribution in [0.1, 0.15) is 45.6 Å². The van der Waals surface area contributed by atoms with E-state index < -0.39 is 5.97 Å². The molecule has 0 amide bonds. The Labute approximate surface area is 133 Å². The van der Waals surface area contributed by atoms with Crippen molar-refractivity contribution in [1.29, 1.82) is 0 Å². The highest BCUT2D eigenvalue weighted by molar-refractivity contribution is 5.66. The van der Waals surface area contributed by atoms with Crippen molar-refractivity contribution in [3.8, 4) is 5.75 Å². The standard InChI is InChI=1S/C18H29NO3/c1-18(2,3)11-14-22-16-8-6-15(7-9-16)5-4-12-19-13-10-17(20)21/h6-9,19H,4-5,10-14H2,1-3H3,(H,20,21). The summed E-state index contributed by atoms with van der Waals surface area (Å²) < 4.78 is 5.75. The number of carboxylic acid groups (broad SMARTS) is 1. The first-order chi connectivity index (χ1) is 10.4. The van der Waals surface area contributed by atoms with Crippen molar-refractivity contribution in [1.82, 2.24) is 5.32 Å². The van der Waals surface area contributed by atoms with Crippen LogP contribution in [-0.4, -0.2) is 30.8 Å². The Morgan fingerprint density at radius 1 is 1.18 bits per heavy atom. The molecular formula is C18H29NO3. The molecule has 124 valence electrons. The normalized spacial score (nSPS) is 11.4. The summed E-state index contributed by atoms with van der Waals surface area (Å²) in [7, 11) is 0. The van der Waals surface area contributed by atoms with E-state index in [-0.39, 0.29) is 6.42 Å².